The Morgan fingerprint density at radius 3 is 2.53 bits per heavy atom. The number of nitrogens with zero attached hydrogens (tertiary/aromatic N) is 3. The minimum atomic E-state index is 0.260. The fourth-order valence-electron chi connectivity index (χ4n) is 1.63. The van der Waals surface area contributed by atoms with E-state index < -0.39 is 0 Å². The van der Waals surface area contributed by atoms with Gasteiger partial charge in [0.1, 0.15) is 11.0 Å². The molecule has 0 atom stereocenters. The van der Waals surface area contributed by atoms with E-state index in [1.54, 1.807) is 11.3 Å². The summed E-state index contributed by atoms with van der Waals surface area (Å²) in [6.07, 6.45) is 0. The van der Waals surface area contributed by atoms with Crippen molar-refractivity contribution in [3.05, 3.63) is 26.3 Å². The van der Waals surface area contributed by atoms with Crippen LogP contribution in [-0.2, 0) is 6.54 Å². The van der Waals surface area contributed by atoms with E-state index in [0.29, 0.717) is 17.5 Å². The molecule has 0 unspecified atom stereocenters. The lowest BCUT2D eigenvalue weighted by Gasteiger charge is -2.10. The molecule has 19 heavy (non-hydrogen) atoms. The molecule has 0 aliphatic carbocycles. The Morgan fingerprint density at radius 2 is 1.95 bits per heavy atom. The van der Waals surface area contributed by atoms with E-state index in [-0.39, 0.29) is 6.01 Å². The first kappa shape index (κ1) is 14.0. The van der Waals surface area contributed by atoms with Crippen LogP contribution in [0.4, 0.5) is 5.82 Å². The Bertz CT molecular complexity index is 600. The number of hydrogen-bond donors (Lipinski definition) is 1. The Labute approximate surface area is 121 Å². The molecule has 2 aromatic rings. The number of ether oxygens (including phenoxy) is 1. The monoisotopic (exact) mass is 298 g/mol. The molecule has 7 heteroatoms. The zero-order valence-electron chi connectivity index (χ0n) is 11.2. The minimum Gasteiger partial charge on any atom is -0.467 e. The normalized spacial score (nSPS) is 10.6. The van der Waals surface area contributed by atoms with Crippen LogP contribution in [0.25, 0.3) is 0 Å². The molecular formula is C12H15ClN4OS. The first-order chi connectivity index (χ1) is 9.01. The smallest absolute Gasteiger partial charge is 0.319 e. The average Bonchev–Trinajstić information content (AvgIpc) is 2.69. The predicted octanol–water partition coefficient (Wildman–Crippen LogP) is 3.13. The number of aromatic nitrogens is 3. The first-order valence-electron chi connectivity index (χ1n) is 5.76. The maximum absolute atomic E-state index is 6.03. The molecule has 2 aromatic heterocycles. The molecule has 102 valence electrons. The molecule has 0 aromatic carbocycles. The minimum absolute atomic E-state index is 0.260. The molecule has 0 fully saturated rings. The fraction of sp³-hybridized carbons (Fsp3) is 0.417. The van der Waals surface area contributed by atoms with Gasteiger partial charge in [-0.25, -0.2) is 4.98 Å². The van der Waals surface area contributed by atoms with Crippen LogP contribution in [-0.4, -0.2) is 22.1 Å². The van der Waals surface area contributed by atoms with Crippen LogP contribution in [0.1, 0.15) is 21.1 Å². The number of nitrogens with one attached hydrogen (secondary N) is 1. The van der Waals surface area contributed by atoms with Crippen molar-refractivity contribution in [1.29, 1.82) is 0 Å². The van der Waals surface area contributed by atoms with E-state index in [0.717, 1.165) is 16.3 Å². The van der Waals surface area contributed by atoms with Gasteiger partial charge in [0, 0.05) is 10.4 Å². The van der Waals surface area contributed by atoms with Gasteiger partial charge in [0.2, 0.25) is 0 Å². The number of anilines is 1. The van der Waals surface area contributed by atoms with Gasteiger partial charge in [0.05, 0.1) is 24.4 Å². The molecule has 0 radical (unpaired) electrons. The lowest BCUT2D eigenvalue weighted by atomic mass is 10.3. The summed E-state index contributed by atoms with van der Waals surface area (Å²) in [5.74, 6) is 0.683. The molecule has 1 N–H and O–H groups in total. The van der Waals surface area contributed by atoms with Gasteiger partial charge < -0.3 is 10.1 Å². The zero-order chi connectivity index (χ0) is 14.0. The number of methoxy groups -OCH3 is 1. The van der Waals surface area contributed by atoms with Crippen LogP contribution >= 0.6 is 22.9 Å². The van der Waals surface area contributed by atoms with Crippen molar-refractivity contribution < 1.29 is 4.74 Å². The van der Waals surface area contributed by atoms with Crippen molar-refractivity contribution in [1.82, 2.24) is 15.0 Å². The second kappa shape index (κ2) is 5.71. The van der Waals surface area contributed by atoms with E-state index in [1.807, 2.05) is 20.8 Å². The van der Waals surface area contributed by atoms with Crippen molar-refractivity contribution in [3.63, 3.8) is 0 Å². The van der Waals surface area contributed by atoms with Gasteiger partial charge in [-0.05, 0) is 20.8 Å². The van der Waals surface area contributed by atoms with Gasteiger partial charge in [-0.15, -0.1) is 11.3 Å². The summed E-state index contributed by atoms with van der Waals surface area (Å²) in [5.41, 5.74) is 1.85. The third-order valence-corrected chi connectivity index (χ3v) is 4.11. The third kappa shape index (κ3) is 3.13. The summed E-state index contributed by atoms with van der Waals surface area (Å²) in [6, 6.07) is 0.260. The molecule has 5 nitrogen and oxygen atoms in total. The molecule has 0 bridgehead atoms. The summed E-state index contributed by atoms with van der Waals surface area (Å²) in [5, 5.41) is 4.71. The summed E-state index contributed by atoms with van der Waals surface area (Å²) in [7, 11) is 1.52. The van der Waals surface area contributed by atoms with E-state index >= 15 is 0 Å². The molecule has 0 saturated heterocycles. The molecule has 2 rings (SSSR count). The molecule has 0 saturated carbocycles. The fourth-order valence-corrected chi connectivity index (χ4v) is 2.67. The Hall–Kier alpha value is -1.40. The van der Waals surface area contributed by atoms with Gasteiger partial charge in [-0.3, -0.25) is 0 Å². The summed E-state index contributed by atoms with van der Waals surface area (Å²) in [6.45, 7) is 6.53. The van der Waals surface area contributed by atoms with Crippen molar-refractivity contribution in [2.45, 2.75) is 27.3 Å². The maximum atomic E-state index is 6.03. The van der Waals surface area contributed by atoms with Crippen molar-refractivity contribution in [2.24, 2.45) is 0 Å². The van der Waals surface area contributed by atoms with Gasteiger partial charge in [-0.2, -0.15) is 9.97 Å². The van der Waals surface area contributed by atoms with Crippen molar-refractivity contribution in [2.75, 3.05) is 12.4 Å². The van der Waals surface area contributed by atoms with Crippen LogP contribution < -0.4 is 10.1 Å². The van der Waals surface area contributed by atoms with E-state index in [4.69, 9.17) is 16.3 Å². The molecule has 2 heterocycles. The molecule has 0 aliphatic rings. The summed E-state index contributed by atoms with van der Waals surface area (Å²) in [4.78, 5) is 13.8. The van der Waals surface area contributed by atoms with Crippen molar-refractivity contribution in [3.8, 4) is 6.01 Å². The molecular weight excluding hydrogens is 284 g/mol. The standard InChI is InChI=1S/C12H15ClN4OS/c1-6-10(13)16-12(18-4)17-11(6)14-5-9-7(2)15-8(3)19-9/h5H2,1-4H3,(H,14,16,17). The highest BCUT2D eigenvalue weighted by Gasteiger charge is 2.11. The predicted molar refractivity (Wildman–Crippen MR) is 77.2 cm³/mol. The number of thiazole rings is 1. The van der Waals surface area contributed by atoms with Crippen LogP contribution in [0.5, 0.6) is 6.01 Å². The van der Waals surface area contributed by atoms with Crippen LogP contribution in [0, 0.1) is 20.8 Å². The summed E-state index contributed by atoms with van der Waals surface area (Å²) >= 11 is 7.71. The number of halogens is 1. The van der Waals surface area contributed by atoms with Crippen LogP contribution in [0.2, 0.25) is 5.15 Å². The van der Waals surface area contributed by atoms with Gasteiger partial charge >= 0.3 is 6.01 Å². The van der Waals surface area contributed by atoms with E-state index in [1.165, 1.54) is 12.0 Å². The second-order valence-electron chi connectivity index (χ2n) is 4.07. The van der Waals surface area contributed by atoms with Crippen LogP contribution in [0.15, 0.2) is 0 Å². The van der Waals surface area contributed by atoms with Crippen molar-refractivity contribution >= 4 is 28.8 Å². The van der Waals surface area contributed by atoms with E-state index in [2.05, 4.69) is 20.3 Å². The lowest BCUT2D eigenvalue weighted by molar-refractivity contribution is 0.380. The zero-order valence-corrected chi connectivity index (χ0v) is 12.8. The van der Waals surface area contributed by atoms with Gasteiger partial charge in [0.25, 0.3) is 0 Å². The molecule has 0 aliphatic heterocycles. The summed E-state index contributed by atoms with van der Waals surface area (Å²) < 4.78 is 5.01. The van der Waals surface area contributed by atoms with Gasteiger partial charge in [-0.1, -0.05) is 11.6 Å². The second-order valence-corrected chi connectivity index (χ2v) is 5.72. The van der Waals surface area contributed by atoms with Crippen LogP contribution in [0.3, 0.4) is 0 Å². The number of hydrogen-bond acceptors (Lipinski definition) is 6. The maximum Gasteiger partial charge on any atom is 0.319 e. The van der Waals surface area contributed by atoms with Gasteiger partial charge in [0.15, 0.2) is 0 Å². The van der Waals surface area contributed by atoms with E-state index in [9.17, 15) is 0 Å². The topological polar surface area (TPSA) is 59.9 Å². The largest absolute Gasteiger partial charge is 0.467 e. The lowest BCUT2D eigenvalue weighted by Crippen LogP contribution is -2.06. The average molecular weight is 299 g/mol. The quantitative estimate of drug-likeness (QED) is 0.879. The Balaban J connectivity index is 2.19. The molecule has 0 amide bonds. The SMILES string of the molecule is COc1nc(Cl)c(C)c(NCc2sc(C)nc2C)n1. The highest BCUT2D eigenvalue weighted by Crippen LogP contribution is 2.24. The number of aryl methyl sites for hydroxylation is 2. The third-order valence-electron chi connectivity index (χ3n) is 2.66. The number of rotatable bonds is 4. The highest BCUT2D eigenvalue weighted by molar-refractivity contribution is 7.11. The Kier molecular flexibility index (Phi) is 4.21. The Morgan fingerprint density at radius 1 is 1.21 bits per heavy atom. The first-order valence-corrected chi connectivity index (χ1v) is 6.95. The molecule has 0 spiro atoms. The highest BCUT2D eigenvalue weighted by atomic mass is 35.5.